The number of nitrogens with two attached hydrogens (primary N) is 1. The first-order valence-electron chi connectivity index (χ1n) is 6.75. The standard InChI is InChI=1S/C15H22N2O.ClH/c1-12(11-16)17-14(18)15(9-5-6-10-15)13-7-3-2-4-8-13;/h2-4,7-8,12H,5-6,9-11,16H2,1H3,(H,17,18);1H/t12-;/m0./s1. The van der Waals surface area contributed by atoms with E-state index >= 15 is 0 Å². The van der Waals surface area contributed by atoms with Crippen molar-refractivity contribution in [1.29, 1.82) is 0 Å². The summed E-state index contributed by atoms with van der Waals surface area (Å²) in [7, 11) is 0. The molecule has 19 heavy (non-hydrogen) atoms. The molecule has 0 unspecified atom stereocenters. The van der Waals surface area contributed by atoms with Gasteiger partial charge in [-0.1, -0.05) is 43.2 Å². The highest BCUT2D eigenvalue weighted by Crippen LogP contribution is 2.41. The number of amides is 1. The van der Waals surface area contributed by atoms with Crippen LogP contribution in [0.5, 0.6) is 0 Å². The van der Waals surface area contributed by atoms with Gasteiger partial charge in [-0.2, -0.15) is 0 Å². The van der Waals surface area contributed by atoms with E-state index in [-0.39, 0.29) is 29.8 Å². The largest absolute Gasteiger partial charge is 0.352 e. The highest BCUT2D eigenvalue weighted by atomic mass is 35.5. The Bertz CT molecular complexity index is 402. The summed E-state index contributed by atoms with van der Waals surface area (Å²) in [5.41, 5.74) is 6.40. The molecule has 0 aromatic heterocycles. The molecule has 0 saturated heterocycles. The third kappa shape index (κ3) is 3.28. The van der Waals surface area contributed by atoms with E-state index in [0.717, 1.165) is 31.2 Å². The highest BCUT2D eigenvalue weighted by molar-refractivity contribution is 5.88. The number of hydrogen-bond donors (Lipinski definition) is 2. The molecule has 1 aromatic rings. The maximum atomic E-state index is 12.6. The van der Waals surface area contributed by atoms with Crippen LogP contribution in [0.1, 0.15) is 38.2 Å². The number of hydrogen-bond acceptors (Lipinski definition) is 2. The molecular weight excluding hydrogens is 260 g/mol. The molecule has 1 saturated carbocycles. The molecule has 1 amide bonds. The Morgan fingerprint density at radius 1 is 1.32 bits per heavy atom. The second-order valence-electron chi connectivity index (χ2n) is 5.27. The Morgan fingerprint density at radius 2 is 1.89 bits per heavy atom. The lowest BCUT2D eigenvalue weighted by atomic mass is 9.78. The van der Waals surface area contributed by atoms with Crippen LogP contribution in [0.15, 0.2) is 30.3 Å². The summed E-state index contributed by atoms with van der Waals surface area (Å²) in [5, 5.41) is 3.05. The van der Waals surface area contributed by atoms with Crippen LogP contribution in [0.2, 0.25) is 0 Å². The van der Waals surface area contributed by atoms with Gasteiger partial charge >= 0.3 is 0 Å². The zero-order valence-corrected chi connectivity index (χ0v) is 12.2. The Hall–Kier alpha value is -1.06. The van der Waals surface area contributed by atoms with Crippen molar-refractivity contribution in [3.63, 3.8) is 0 Å². The summed E-state index contributed by atoms with van der Waals surface area (Å²) in [4.78, 5) is 12.6. The molecular formula is C15H23ClN2O. The summed E-state index contributed by atoms with van der Waals surface area (Å²) in [6.45, 7) is 2.43. The molecule has 1 aliphatic rings. The second kappa shape index (κ2) is 6.92. The molecule has 0 heterocycles. The molecule has 0 radical (unpaired) electrons. The average Bonchev–Trinajstić information content (AvgIpc) is 2.90. The van der Waals surface area contributed by atoms with Crippen LogP contribution in [0.4, 0.5) is 0 Å². The van der Waals surface area contributed by atoms with Gasteiger partial charge in [0.1, 0.15) is 0 Å². The van der Waals surface area contributed by atoms with Gasteiger partial charge in [-0.15, -0.1) is 12.4 Å². The molecule has 106 valence electrons. The maximum absolute atomic E-state index is 12.6. The number of benzene rings is 1. The van der Waals surface area contributed by atoms with E-state index in [1.807, 2.05) is 25.1 Å². The quantitative estimate of drug-likeness (QED) is 0.891. The molecule has 0 spiro atoms. The van der Waals surface area contributed by atoms with Crippen LogP contribution in [0.3, 0.4) is 0 Å². The topological polar surface area (TPSA) is 55.1 Å². The number of carbonyl (C=O) groups excluding carboxylic acids is 1. The van der Waals surface area contributed by atoms with Gasteiger partial charge < -0.3 is 11.1 Å². The van der Waals surface area contributed by atoms with Gasteiger partial charge in [-0.3, -0.25) is 4.79 Å². The van der Waals surface area contributed by atoms with Crippen LogP contribution in [0.25, 0.3) is 0 Å². The fraction of sp³-hybridized carbons (Fsp3) is 0.533. The molecule has 1 aliphatic carbocycles. The van der Waals surface area contributed by atoms with Crippen LogP contribution in [-0.2, 0) is 10.2 Å². The number of rotatable bonds is 4. The molecule has 1 fully saturated rings. The molecule has 3 N–H and O–H groups in total. The van der Waals surface area contributed by atoms with Crippen molar-refractivity contribution in [3.05, 3.63) is 35.9 Å². The molecule has 0 aliphatic heterocycles. The van der Waals surface area contributed by atoms with Crippen molar-refractivity contribution in [1.82, 2.24) is 5.32 Å². The van der Waals surface area contributed by atoms with E-state index in [2.05, 4.69) is 17.4 Å². The van der Waals surface area contributed by atoms with Crippen molar-refractivity contribution >= 4 is 18.3 Å². The van der Waals surface area contributed by atoms with Gasteiger partial charge in [0.25, 0.3) is 0 Å². The number of halogens is 1. The first-order valence-corrected chi connectivity index (χ1v) is 6.75. The third-order valence-electron chi connectivity index (χ3n) is 3.95. The minimum Gasteiger partial charge on any atom is -0.352 e. The summed E-state index contributed by atoms with van der Waals surface area (Å²) in [6.07, 6.45) is 4.14. The number of carbonyl (C=O) groups is 1. The van der Waals surface area contributed by atoms with Crippen molar-refractivity contribution in [3.8, 4) is 0 Å². The molecule has 2 rings (SSSR count). The Kier molecular flexibility index (Phi) is 5.83. The monoisotopic (exact) mass is 282 g/mol. The highest BCUT2D eigenvalue weighted by Gasteiger charge is 2.42. The van der Waals surface area contributed by atoms with Gasteiger partial charge in [0.15, 0.2) is 0 Å². The zero-order valence-electron chi connectivity index (χ0n) is 11.4. The fourth-order valence-electron chi connectivity index (χ4n) is 2.80. The Balaban J connectivity index is 0.00000180. The minimum atomic E-state index is -0.329. The Morgan fingerprint density at radius 3 is 2.42 bits per heavy atom. The van der Waals surface area contributed by atoms with Gasteiger partial charge in [-0.05, 0) is 25.3 Å². The van der Waals surface area contributed by atoms with Crippen molar-refractivity contribution < 1.29 is 4.79 Å². The normalized spacial score (nSPS) is 18.4. The van der Waals surface area contributed by atoms with Crippen LogP contribution in [-0.4, -0.2) is 18.5 Å². The first kappa shape index (κ1) is 16.0. The van der Waals surface area contributed by atoms with E-state index in [4.69, 9.17) is 5.73 Å². The van der Waals surface area contributed by atoms with E-state index in [1.165, 1.54) is 0 Å². The van der Waals surface area contributed by atoms with Crippen LogP contribution < -0.4 is 11.1 Å². The maximum Gasteiger partial charge on any atom is 0.230 e. The smallest absolute Gasteiger partial charge is 0.230 e. The molecule has 3 nitrogen and oxygen atoms in total. The van der Waals surface area contributed by atoms with E-state index in [0.29, 0.717) is 6.54 Å². The summed E-state index contributed by atoms with van der Waals surface area (Å²) in [5.74, 6) is 0.143. The predicted molar refractivity (Wildman–Crippen MR) is 80.5 cm³/mol. The lowest BCUT2D eigenvalue weighted by Crippen LogP contribution is -2.48. The van der Waals surface area contributed by atoms with E-state index in [9.17, 15) is 4.79 Å². The minimum absolute atomic E-state index is 0. The molecule has 0 bridgehead atoms. The lowest BCUT2D eigenvalue weighted by molar-refractivity contribution is -0.127. The SMILES string of the molecule is C[C@@H](CN)NC(=O)C1(c2ccccc2)CCCC1.Cl. The van der Waals surface area contributed by atoms with E-state index in [1.54, 1.807) is 0 Å². The molecule has 1 atom stereocenters. The van der Waals surface area contributed by atoms with Gasteiger partial charge in [0, 0.05) is 12.6 Å². The zero-order chi connectivity index (χ0) is 13.0. The van der Waals surface area contributed by atoms with Crippen molar-refractivity contribution in [2.75, 3.05) is 6.54 Å². The van der Waals surface area contributed by atoms with E-state index < -0.39 is 0 Å². The van der Waals surface area contributed by atoms with Gasteiger partial charge in [-0.25, -0.2) is 0 Å². The van der Waals surface area contributed by atoms with Crippen LogP contribution >= 0.6 is 12.4 Å². The lowest BCUT2D eigenvalue weighted by Gasteiger charge is -2.29. The van der Waals surface area contributed by atoms with Gasteiger partial charge in [0.05, 0.1) is 5.41 Å². The molecule has 1 aromatic carbocycles. The van der Waals surface area contributed by atoms with Crippen molar-refractivity contribution in [2.24, 2.45) is 5.73 Å². The third-order valence-corrected chi connectivity index (χ3v) is 3.95. The average molecular weight is 283 g/mol. The van der Waals surface area contributed by atoms with Crippen LogP contribution in [0, 0.1) is 0 Å². The molecule has 4 heteroatoms. The second-order valence-corrected chi connectivity index (χ2v) is 5.27. The number of nitrogens with one attached hydrogen (secondary N) is 1. The fourth-order valence-corrected chi connectivity index (χ4v) is 2.80. The Labute approximate surface area is 121 Å². The summed E-state index contributed by atoms with van der Waals surface area (Å²) < 4.78 is 0. The summed E-state index contributed by atoms with van der Waals surface area (Å²) >= 11 is 0. The predicted octanol–water partition coefficient (Wildman–Crippen LogP) is 2.38. The first-order chi connectivity index (χ1) is 8.69. The van der Waals surface area contributed by atoms with Crippen molar-refractivity contribution in [2.45, 2.75) is 44.1 Å². The van der Waals surface area contributed by atoms with Gasteiger partial charge in [0.2, 0.25) is 5.91 Å². The summed E-state index contributed by atoms with van der Waals surface area (Å²) in [6, 6.07) is 10.2.